The van der Waals surface area contributed by atoms with E-state index in [4.69, 9.17) is 21.7 Å². The first kappa shape index (κ1) is 17.7. The van der Waals surface area contributed by atoms with Gasteiger partial charge in [-0.2, -0.15) is 0 Å². The second-order valence-corrected chi connectivity index (χ2v) is 5.01. The van der Waals surface area contributed by atoms with Gasteiger partial charge in [0.1, 0.15) is 12.1 Å². The van der Waals surface area contributed by atoms with Crippen molar-refractivity contribution < 1.29 is 22.7 Å². The zero-order chi connectivity index (χ0) is 11.1. The molecule has 0 amide bonds. The van der Waals surface area contributed by atoms with E-state index in [1.807, 2.05) is 0 Å². The number of carboxylic acids is 2. The molecule has 2 atom stereocenters. The number of hydrogen-bond donors (Lipinski definition) is 4. The van der Waals surface area contributed by atoms with Gasteiger partial charge in [-0.1, -0.05) is 21.6 Å². The number of hydrogen-bond acceptors (Lipinski definition) is 6. The van der Waals surface area contributed by atoms with Gasteiger partial charge in [0.05, 0.1) is 0 Å². The van der Waals surface area contributed by atoms with Crippen molar-refractivity contribution in [1.82, 2.24) is 0 Å². The Morgan fingerprint density at radius 2 is 1.33 bits per heavy atom. The maximum atomic E-state index is 10.3. The molecule has 0 rings (SSSR count). The van der Waals surface area contributed by atoms with Gasteiger partial charge >= 0.3 is 35.0 Å². The quantitative estimate of drug-likeness (QED) is 0.263. The third-order valence-corrected chi connectivity index (χ3v) is 3.69. The maximum absolute atomic E-state index is 10.3. The first-order valence-electron chi connectivity index (χ1n) is 3.66. The summed E-state index contributed by atoms with van der Waals surface area (Å²) < 4.78 is 0. The molecule has 0 saturated carbocycles. The van der Waals surface area contributed by atoms with E-state index in [0.29, 0.717) is 0 Å². The van der Waals surface area contributed by atoms with E-state index in [1.54, 1.807) is 0 Å². The van der Waals surface area contributed by atoms with E-state index in [0.717, 1.165) is 0 Å². The van der Waals surface area contributed by atoms with Crippen LogP contribution < -0.4 is 11.5 Å². The molecular formula is C6H14MgN2O4S2. The number of carboxylic acid groups (broad SMARTS) is 2. The van der Waals surface area contributed by atoms with Crippen LogP contribution in [-0.2, 0) is 9.59 Å². The van der Waals surface area contributed by atoms with Gasteiger partial charge in [0.15, 0.2) is 0 Å². The van der Waals surface area contributed by atoms with Crippen molar-refractivity contribution in [3.8, 4) is 0 Å². The van der Waals surface area contributed by atoms with Crippen LogP contribution in [0.25, 0.3) is 0 Å². The molecule has 0 aromatic heterocycles. The SMILES string of the molecule is NC(CSSCC(N)C(=O)O)C(=O)O.[H-].[H-].[Mg+2]. The Hall–Kier alpha value is 0.326. The Bertz CT molecular complexity index is 206. The normalized spacial score (nSPS) is 13.7. The summed E-state index contributed by atoms with van der Waals surface area (Å²) in [6, 6.07) is -1.85. The Balaban J connectivity index is -0.000000282. The Labute approximate surface area is 114 Å². The van der Waals surface area contributed by atoms with Gasteiger partial charge in [0, 0.05) is 11.5 Å². The second kappa shape index (κ2) is 9.54. The summed E-state index contributed by atoms with van der Waals surface area (Å²) in [6.07, 6.45) is 0. The summed E-state index contributed by atoms with van der Waals surface area (Å²) in [5.41, 5.74) is 10.4. The van der Waals surface area contributed by atoms with Crippen LogP contribution in [-0.4, -0.2) is 68.8 Å². The summed E-state index contributed by atoms with van der Waals surface area (Å²) in [7, 11) is 2.41. The summed E-state index contributed by atoms with van der Waals surface area (Å²) in [6.45, 7) is 0. The second-order valence-electron chi connectivity index (χ2n) is 2.46. The van der Waals surface area contributed by atoms with E-state index < -0.39 is 24.0 Å². The molecule has 0 aliphatic carbocycles. The first-order chi connectivity index (χ1) is 6.45. The zero-order valence-electron chi connectivity index (χ0n) is 9.96. The molecule has 0 spiro atoms. The molecule has 0 aromatic carbocycles. The largest absolute Gasteiger partial charge is 2.00 e. The molecule has 2 unspecified atom stereocenters. The maximum Gasteiger partial charge on any atom is 2.00 e. The number of nitrogens with two attached hydrogens (primary N) is 2. The molecule has 0 radical (unpaired) electrons. The van der Waals surface area contributed by atoms with Crippen molar-refractivity contribution in [3.63, 3.8) is 0 Å². The van der Waals surface area contributed by atoms with E-state index in [1.165, 1.54) is 21.6 Å². The van der Waals surface area contributed by atoms with E-state index in [2.05, 4.69) is 0 Å². The smallest absolute Gasteiger partial charge is 1.00 e. The molecule has 0 aromatic rings. The van der Waals surface area contributed by atoms with Crippen LogP contribution in [0, 0.1) is 0 Å². The van der Waals surface area contributed by atoms with Crippen molar-refractivity contribution in [1.29, 1.82) is 0 Å². The van der Waals surface area contributed by atoms with Crippen LogP contribution in [0.15, 0.2) is 0 Å². The van der Waals surface area contributed by atoms with Crippen molar-refractivity contribution in [2.75, 3.05) is 11.5 Å². The third-order valence-electron chi connectivity index (χ3n) is 1.21. The van der Waals surface area contributed by atoms with Crippen LogP contribution >= 0.6 is 21.6 Å². The average molecular weight is 267 g/mol. The van der Waals surface area contributed by atoms with Gasteiger partial charge < -0.3 is 24.5 Å². The van der Waals surface area contributed by atoms with Gasteiger partial charge in [-0.05, 0) is 0 Å². The fourth-order valence-electron chi connectivity index (χ4n) is 0.385. The molecule has 0 fully saturated rings. The van der Waals surface area contributed by atoms with Crippen LogP contribution in [0.4, 0.5) is 0 Å². The molecule has 0 bridgehead atoms. The third kappa shape index (κ3) is 9.27. The van der Waals surface area contributed by atoms with Gasteiger partial charge in [0.25, 0.3) is 0 Å². The predicted molar refractivity (Wildman–Crippen MR) is 64.1 cm³/mol. The average Bonchev–Trinajstić information content (AvgIpc) is 2.11. The predicted octanol–water partition coefficient (Wildman–Crippen LogP) is -0.964. The summed E-state index contributed by atoms with van der Waals surface area (Å²) >= 11 is 0. The monoisotopic (exact) mass is 266 g/mol. The van der Waals surface area contributed by atoms with Crippen molar-refractivity contribution in [2.45, 2.75) is 12.1 Å². The molecule has 0 heterocycles. The number of carbonyl (C=O) groups is 2. The van der Waals surface area contributed by atoms with E-state index in [9.17, 15) is 9.59 Å². The minimum Gasteiger partial charge on any atom is -1.00 e. The van der Waals surface area contributed by atoms with Crippen LogP contribution in [0.5, 0.6) is 0 Å². The fraction of sp³-hybridized carbons (Fsp3) is 0.667. The molecule has 6 nitrogen and oxygen atoms in total. The zero-order valence-corrected chi connectivity index (χ0v) is 11.0. The summed E-state index contributed by atoms with van der Waals surface area (Å²) in [5, 5.41) is 16.8. The van der Waals surface area contributed by atoms with Gasteiger partial charge in [-0.25, -0.2) is 0 Å². The van der Waals surface area contributed by atoms with Gasteiger partial charge in [-0.3, -0.25) is 9.59 Å². The Kier molecular flexibility index (Phi) is 11.3. The molecule has 0 saturated heterocycles. The van der Waals surface area contributed by atoms with Crippen molar-refractivity contribution >= 4 is 56.6 Å². The minimum atomic E-state index is -1.07. The topological polar surface area (TPSA) is 127 Å². The summed E-state index contributed by atoms with van der Waals surface area (Å²) in [5.74, 6) is -1.68. The molecule has 15 heavy (non-hydrogen) atoms. The molecule has 0 aliphatic rings. The van der Waals surface area contributed by atoms with Crippen molar-refractivity contribution in [3.05, 3.63) is 0 Å². The van der Waals surface area contributed by atoms with E-state index in [-0.39, 0.29) is 37.4 Å². The number of aliphatic carboxylic acids is 2. The van der Waals surface area contributed by atoms with Crippen LogP contribution in [0.1, 0.15) is 2.85 Å². The Morgan fingerprint density at radius 1 is 1.07 bits per heavy atom. The minimum absolute atomic E-state index is 0. The molecule has 6 N–H and O–H groups in total. The fourth-order valence-corrected chi connectivity index (χ4v) is 2.61. The molecule has 0 aliphatic heterocycles. The van der Waals surface area contributed by atoms with Crippen LogP contribution in [0.2, 0.25) is 0 Å². The van der Waals surface area contributed by atoms with Gasteiger partial charge in [-0.15, -0.1) is 0 Å². The molecule has 9 heteroatoms. The van der Waals surface area contributed by atoms with Crippen molar-refractivity contribution in [2.24, 2.45) is 11.5 Å². The van der Waals surface area contributed by atoms with Crippen LogP contribution in [0.3, 0.4) is 0 Å². The standard InChI is InChI=1S/C6H12N2O4S2.Mg.2H/c7-3(5(9)10)1-13-14-2-4(8)6(11)12;;;/h3-4H,1-2,7-8H2,(H,9,10)(H,11,12);;;/q;+2;2*-1. The molecule has 86 valence electrons. The summed E-state index contributed by atoms with van der Waals surface area (Å²) in [4.78, 5) is 20.5. The van der Waals surface area contributed by atoms with E-state index >= 15 is 0 Å². The molecular weight excluding hydrogens is 253 g/mol. The first-order valence-corrected chi connectivity index (χ1v) is 6.15. The Morgan fingerprint density at radius 3 is 1.53 bits per heavy atom. The van der Waals surface area contributed by atoms with Gasteiger partial charge in [0.2, 0.25) is 0 Å². The number of rotatable bonds is 7.